The van der Waals surface area contributed by atoms with E-state index in [1.807, 2.05) is 0 Å². The number of carbonyl (C=O) groups is 1. The van der Waals surface area contributed by atoms with E-state index in [4.69, 9.17) is 11.6 Å². The number of anilines is 1. The second kappa shape index (κ2) is 5.96. The number of hydrogen-bond acceptors (Lipinski definition) is 3. The molecular formula is C14H9ClN2O2. The average Bonchev–Trinajstić information content (AvgIpc) is 2.42. The van der Waals surface area contributed by atoms with E-state index < -0.39 is 0 Å². The Morgan fingerprint density at radius 1 is 1.16 bits per heavy atom. The zero-order valence-corrected chi connectivity index (χ0v) is 10.5. The molecule has 0 fully saturated rings. The fourth-order valence-corrected chi connectivity index (χ4v) is 1.63. The molecule has 0 atom stereocenters. The van der Waals surface area contributed by atoms with Crippen molar-refractivity contribution < 1.29 is 9.59 Å². The number of hydrogen-bond donors (Lipinski definition) is 1. The highest BCUT2D eigenvalue weighted by Crippen LogP contribution is 2.17. The van der Waals surface area contributed by atoms with E-state index in [1.165, 1.54) is 12.1 Å². The van der Waals surface area contributed by atoms with Crippen molar-refractivity contribution in [2.45, 2.75) is 0 Å². The van der Waals surface area contributed by atoms with Crippen LogP contribution in [-0.4, -0.2) is 12.0 Å². The lowest BCUT2D eigenvalue weighted by atomic mass is 10.2. The monoisotopic (exact) mass is 272 g/mol. The molecule has 2 aromatic rings. The molecule has 5 heteroatoms. The maximum absolute atomic E-state index is 12.0. The molecule has 0 aliphatic carbocycles. The third-order valence-corrected chi connectivity index (χ3v) is 2.64. The quantitative estimate of drug-likeness (QED) is 0.686. The SMILES string of the molecule is O=C=Nc1cccc(C(=O)Nc2ccc(Cl)cc2)c1. The van der Waals surface area contributed by atoms with Crippen LogP contribution in [0.5, 0.6) is 0 Å². The molecule has 19 heavy (non-hydrogen) atoms. The van der Waals surface area contributed by atoms with Gasteiger partial charge >= 0.3 is 0 Å². The Balaban J connectivity index is 2.17. The summed E-state index contributed by atoms with van der Waals surface area (Å²) in [6.45, 7) is 0. The lowest BCUT2D eigenvalue weighted by molar-refractivity contribution is 0.102. The summed E-state index contributed by atoms with van der Waals surface area (Å²) in [6, 6.07) is 13.2. The molecule has 1 amide bonds. The van der Waals surface area contributed by atoms with Crippen LogP contribution in [0.3, 0.4) is 0 Å². The van der Waals surface area contributed by atoms with Crippen LogP contribution in [0.4, 0.5) is 11.4 Å². The van der Waals surface area contributed by atoms with Gasteiger partial charge in [-0.1, -0.05) is 17.7 Å². The summed E-state index contributed by atoms with van der Waals surface area (Å²) in [7, 11) is 0. The van der Waals surface area contributed by atoms with Crippen LogP contribution in [-0.2, 0) is 4.79 Å². The summed E-state index contributed by atoms with van der Waals surface area (Å²) < 4.78 is 0. The molecule has 0 aliphatic heterocycles. The number of benzene rings is 2. The second-order valence-corrected chi connectivity index (χ2v) is 4.15. The second-order valence-electron chi connectivity index (χ2n) is 3.71. The molecule has 0 aromatic heterocycles. The summed E-state index contributed by atoms with van der Waals surface area (Å²) in [5.41, 5.74) is 1.43. The summed E-state index contributed by atoms with van der Waals surface area (Å²) >= 11 is 5.76. The van der Waals surface area contributed by atoms with Gasteiger partial charge in [0.15, 0.2) is 0 Å². The summed E-state index contributed by atoms with van der Waals surface area (Å²) in [6.07, 6.45) is 1.43. The van der Waals surface area contributed by atoms with Gasteiger partial charge in [-0.25, -0.2) is 4.79 Å². The smallest absolute Gasteiger partial charge is 0.255 e. The number of aliphatic imine (C=N–C) groups is 1. The van der Waals surface area contributed by atoms with Gasteiger partial charge in [-0.3, -0.25) is 4.79 Å². The third kappa shape index (κ3) is 3.52. The molecule has 0 saturated carbocycles. The van der Waals surface area contributed by atoms with Crippen molar-refractivity contribution in [2.75, 3.05) is 5.32 Å². The number of carbonyl (C=O) groups excluding carboxylic acids is 2. The maximum atomic E-state index is 12.0. The van der Waals surface area contributed by atoms with Gasteiger partial charge in [-0.2, -0.15) is 4.99 Å². The summed E-state index contributed by atoms with van der Waals surface area (Å²) in [5.74, 6) is -0.287. The van der Waals surface area contributed by atoms with E-state index in [0.717, 1.165) is 0 Å². The van der Waals surface area contributed by atoms with Crippen molar-refractivity contribution in [3.63, 3.8) is 0 Å². The largest absolute Gasteiger partial charge is 0.322 e. The summed E-state index contributed by atoms with van der Waals surface area (Å²) in [4.78, 5) is 25.6. The minimum Gasteiger partial charge on any atom is -0.322 e. The van der Waals surface area contributed by atoms with E-state index in [-0.39, 0.29) is 5.91 Å². The molecule has 0 unspecified atom stereocenters. The van der Waals surface area contributed by atoms with Gasteiger partial charge in [0.05, 0.1) is 5.69 Å². The molecule has 0 saturated heterocycles. The highest BCUT2D eigenvalue weighted by Gasteiger charge is 2.06. The van der Waals surface area contributed by atoms with E-state index in [0.29, 0.717) is 22.0 Å². The molecule has 4 nitrogen and oxygen atoms in total. The lowest BCUT2D eigenvalue weighted by Gasteiger charge is -2.05. The van der Waals surface area contributed by atoms with Crippen molar-refractivity contribution in [1.29, 1.82) is 0 Å². The van der Waals surface area contributed by atoms with Gasteiger partial charge < -0.3 is 5.32 Å². The fraction of sp³-hybridized carbons (Fsp3) is 0. The van der Waals surface area contributed by atoms with Crippen LogP contribution < -0.4 is 5.32 Å². The number of isocyanates is 1. The van der Waals surface area contributed by atoms with Crippen LogP contribution in [0.25, 0.3) is 0 Å². The Hall–Kier alpha value is -2.42. The highest BCUT2D eigenvalue weighted by atomic mass is 35.5. The normalized spacial score (nSPS) is 9.53. The zero-order valence-electron chi connectivity index (χ0n) is 9.76. The Bertz CT molecular complexity index is 647. The predicted octanol–water partition coefficient (Wildman–Crippen LogP) is 3.56. The van der Waals surface area contributed by atoms with Crippen LogP contribution in [0, 0.1) is 0 Å². The van der Waals surface area contributed by atoms with Gasteiger partial charge in [0.1, 0.15) is 0 Å². The molecule has 1 N–H and O–H groups in total. The predicted molar refractivity (Wildman–Crippen MR) is 73.6 cm³/mol. The molecule has 0 spiro atoms. The molecule has 0 heterocycles. The maximum Gasteiger partial charge on any atom is 0.255 e. The van der Waals surface area contributed by atoms with Gasteiger partial charge in [0, 0.05) is 16.3 Å². The molecule has 2 aromatic carbocycles. The zero-order chi connectivity index (χ0) is 13.7. The first-order chi connectivity index (χ1) is 9.19. The van der Waals surface area contributed by atoms with E-state index in [2.05, 4.69) is 10.3 Å². The van der Waals surface area contributed by atoms with Gasteiger partial charge in [0.25, 0.3) is 5.91 Å². The number of nitrogens with zero attached hydrogens (tertiary/aromatic N) is 1. The van der Waals surface area contributed by atoms with Crippen LogP contribution in [0.15, 0.2) is 53.5 Å². The van der Waals surface area contributed by atoms with Crippen molar-refractivity contribution in [3.8, 4) is 0 Å². The molecule has 2 rings (SSSR count). The van der Waals surface area contributed by atoms with Gasteiger partial charge in [-0.15, -0.1) is 0 Å². The van der Waals surface area contributed by atoms with Crippen molar-refractivity contribution in [3.05, 3.63) is 59.1 Å². The summed E-state index contributed by atoms with van der Waals surface area (Å²) in [5, 5.41) is 3.31. The highest BCUT2D eigenvalue weighted by molar-refractivity contribution is 6.30. The molecule has 94 valence electrons. The topological polar surface area (TPSA) is 58.5 Å². The van der Waals surface area contributed by atoms with Gasteiger partial charge in [-0.05, 0) is 42.5 Å². The van der Waals surface area contributed by atoms with E-state index in [1.54, 1.807) is 42.5 Å². The number of nitrogens with one attached hydrogen (secondary N) is 1. The minimum absolute atomic E-state index is 0.287. The van der Waals surface area contributed by atoms with Crippen LogP contribution in [0.1, 0.15) is 10.4 Å². The third-order valence-electron chi connectivity index (χ3n) is 2.39. The Morgan fingerprint density at radius 2 is 1.89 bits per heavy atom. The molecule has 0 aliphatic rings. The number of rotatable bonds is 3. The lowest BCUT2D eigenvalue weighted by Crippen LogP contribution is -2.11. The Labute approximate surface area is 114 Å². The van der Waals surface area contributed by atoms with Crippen molar-refractivity contribution in [1.82, 2.24) is 0 Å². The van der Waals surface area contributed by atoms with Crippen molar-refractivity contribution in [2.24, 2.45) is 4.99 Å². The molecule has 0 radical (unpaired) electrons. The van der Waals surface area contributed by atoms with Crippen molar-refractivity contribution >= 4 is 35.0 Å². The first-order valence-electron chi connectivity index (χ1n) is 5.44. The van der Waals surface area contributed by atoms with Crippen LogP contribution in [0.2, 0.25) is 5.02 Å². The number of amides is 1. The van der Waals surface area contributed by atoms with E-state index >= 15 is 0 Å². The molecule has 0 bridgehead atoms. The Morgan fingerprint density at radius 3 is 2.58 bits per heavy atom. The molecular weight excluding hydrogens is 264 g/mol. The first-order valence-corrected chi connectivity index (χ1v) is 5.82. The van der Waals surface area contributed by atoms with Gasteiger partial charge in [0.2, 0.25) is 6.08 Å². The van der Waals surface area contributed by atoms with Crippen LogP contribution >= 0.6 is 11.6 Å². The minimum atomic E-state index is -0.287. The average molecular weight is 273 g/mol. The van der Waals surface area contributed by atoms with E-state index in [9.17, 15) is 9.59 Å². The fourth-order valence-electron chi connectivity index (χ4n) is 1.51. The standard InChI is InChI=1S/C14H9ClN2O2/c15-11-4-6-12(7-5-11)17-14(19)10-2-1-3-13(8-10)16-9-18/h1-8H,(H,17,19). The first kappa shape index (κ1) is 13.0. The number of halogens is 1. The Kier molecular flexibility index (Phi) is 4.08.